The van der Waals surface area contributed by atoms with Crippen LogP contribution in [0.1, 0.15) is 32.4 Å². The van der Waals surface area contributed by atoms with Gasteiger partial charge < -0.3 is 19.1 Å². The third kappa shape index (κ3) is 3.73. The lowest BCUT2D eigenvalue weighted by Gasteiger charge is -2.34. The molecule has 0 saturated heterocycles. The van der Waals surface area contributed by atoms with E-state index in [1.165, 1.54) is 11.8 Å². The lowest BCUT2D eigenvalue weighted by molar-refractivity contribution is -0.139. The van der Waals surface area contributed by atoms with Crippen LogP contribution in [0.4, 0.5) is 0 Å². The van der Waals surface area contributed by atoms with Crippen LogP contribution in [-0.2, 0) is 9.53 Å². The fourth-order valence-corrected chi connectivity index (χ4v) is 4.39. The topological polar surface area (TPSA) is 60.4 Å². The number of carbonyl (C=O) groups is 1. The number of benzene rings is 1. The molecule has 1 aromatic carbocycles. The van der Waals surface area contributed by atoms with Gasteiger partial charge in [-0.2, -0.15) is 0 Å². The monoisotopic (exact) mass is 452 g/mol. The number of hydrogen-bond acceptors (Lipinski definition) is 7. The number of esters is 1. The molecule has 0 aliphatic carbocycles. The van der Waals surface area contributed by atoms with Gasteiger partial charge in [0.05, 0.1) is 37.6 Å². The number of ether oxygens (including phenoxy) is 3. The lowest BCUT2D eigenvalue weighted by atomic mass is 9.94. The predicted octanol–water partition coefficient (Wildman–Crippen LogP) is 4.62. The summed E-state index contributed by atoms with van der Waals surface area (Å²) in [7, 11) is 1.60. The molecule has 0 radical (unpaired) electrons. The van der Waals surface area contributed by atoms with Crippen molar-refractivity contribution in [1.82, 2.24) is 4.90 Å². The first-order valence-electron chi connectivity index (χ1n) is 8.60. The van der Waals surface area contributed by atoms with Crippen molar-refractivity contribution in [3.63, 3.8) is 0 Å². The fourth-order valence-electron chi connectivity index (χ4n) is 3.06. The van der Waals surface area contributed by atoms with E-state index in [1.807, 2.05) is 42.5 Å². The van der Waals surface area contributed by atoms with Crippen molar-refractivity contribution in [1.29, 1.82) is 0 Å². The van der Waals surface area contributed by atoms with E-state index in [0.29, 0.717) is 36.0 Å². The van der Waals surface area contributed by atoms with Crippen LogP contribution in [0.2, 0.25) is 0 Å². The Morgan fingerprint density at radius 3 is 2.74 bits per heavy atom. The Bertz CT molecular complexity index is 850. The molecule has 8 heteroatoms. The van der Waals surface area contributed by atoms with Gasteiger partial charge >= 0.3 is 5.97 Å². The second-order valence-electron chi connectivity index (χ2n) is 5.78. The quantitative estimate of drug-likeness (QED) is 0.586. The van der Waals surface area contributed by atoms with Crippen LogP contribution < -0.4 is 9.47 Å². The minimum Gasteiger partial charge on any atom is -0.493 e. The highest BCUT2D eigenvalue weighted by atomic mass is 79.9. The zero-order valence-electron chi connectivity index (χ0n) is 15.6. The predicted molar refractivity (Wildman–Crippen MR) is 110 cm³/mol. The van der Waals surface area contributed by atoms with Crippen LogP contribution in [0.15, 0.2) is 44.5 Å². The SMILES string of the molecule is CCOC(=O)C1=C(C)N=C2SC=CN2[C@@H]1c1cc(OC)c(OCC)cc1Br. The third-order valence-electron chi connectivity index (χ3n) is 4.19. The number of carbonyl (C=O) groups excluding carboxylic acids is 1. The molecule has 0 spiro atoms. The molecule has 144 valence electrons. The number of fused-ring (bicyclic) bond motifs is 1. The maximum Gasteiger partial charge on any atom is 0.338 e. The smallest absolute Gasteiger partial charge is 0.338 e. The van der Waals surface area contributed by atoms with Gasteiger partial charge in [-0.3, -0.25) is 0 Å². The molecule has 0 N–H and O–H groups in total. The lowest BCUT2D eigenvalue weighted by Crippen LogP contribution is -2.34. The zero-order chi connectivity index (χ0) is 19.6. The largest absolute Gasteiger partial charge is 0.493 e. The standard InChI is InChI=1S/C19H21BrN2O4S/c1-5-25-15-10-13(20)12(9-14(15)24-4)17-16(18(23)26-6-2)11(3)21-19-22(17)7-8-27-19/h7-10,17H,5-6H2,1-4H3/t17-/m1/s1. The molecule has 27 heavy (non-hydrogen) atoms. The van der Waals surface area contributed by atoms with E-state index >= 15 is 0 Å². The van der Waals surface area contributed by atoms with Gasteiger partial charge in [0.1, 0.15) is 0 Å². The summed E-state index contributed by atoms with van der Waals surface area (Å²) < 4.78 is 17.3. The summed E-state index contributed by atoms with van der Waals surface area (Å²) in [6, 6.07) is 3.39. The second kappa shape index (κ2) is 8.39. The van der Waals surface area contributed by atoms with E-state index in [0.717, 1.165) is 15.2 Å². The first kappa shape index (κ1) is 19.8. The van der Waals surface area contributed by atoms with Crippen LogP contribution >= 0.6 is 27.7 Å². The number of methoxy groups -OCH3 is 1. The van der Waals surface area contributed by atoms with E-state index in [-0.39, 0.29) is 12.0 Å². The van der Waals surface area contributed by atoms with Gasteiger partial charge in [0, 0.05) is 10.7 Å². The molecule has 0 fully saturated rings. The van der Waals surface area contributed by atoms with Crippen LogP contribution in [0.3, 0.4) is 0 Å². The van der Waals surface area contributed by atoms with Gasteiger partial charge in [0.15, 0.2) is 16.7 Å². The molecule has 0 amide bonds. The molecule has 2 aliphatic heterocycles. The number of rotatable bonds is 6. The Balaban J connectivity index is 2.15. The van der Waals surface area contributed by atoms with E-state index in [9.17, 15) is 4.79 Å². The van der Waals surface area contributed by atoms with Crippen LogP contribution in [0.25, 0.3) is 0 Å². The fraction of sp³-hybridized carbons (Fsp3) is 0.368. The molecule has 0 bridgehead atoms. The molecule has 1 aromatic rings. The highest BCUT2D eigenvalue weighted by Crippen LogP contribution is 2.46. The van der Waals surface area contributed by atoms with Crippen LogP contribution in [-0.4, -0.2) is 36.4 Å². The molecular formula is C19H21BrN2O4S. The van der Waals surface area contributed by atoms with Gasteiger partial charge in [0.25, 0.3) is 0 Å². The van der Waals surface area contributed by atoms with E-state index in [4.69, 9.17) is 14.2 Å². The number of amidine groups is 1. The summed E-state index contributed by atoms with van der Waals surface area (Å²) in [5, 5.41) is 2.78. The highest BCUT2D eigenvalue weighted by molar-refractivity contribution is 9.10. The summed E-state index contributed by atoms with van der Waals surface area (Å²) in [6.07, 6.45) is 1.93. The first-order valence-corrected chi connectivity index (χ1v) is 10.3. The molecule has 0 unspecified atom stereocenters. The minimum atomic E-state index is -0.373. The van der Waals surface area contributed by atoms with E-state index in [2.05, 4.69) is 20.9 Å². The Kier molecular flexibility index (Phi) is 6.16. The molecule has 6 nitrogen and oxygen atoms in total. The second-order valence-corrected chi connectivity index (χ2v) is 7.51. The highest BCUT2D eigenvalue weighted by Gasteiger charge is 2.38. The summed E-state index contributed by atoms with van der Waals surface area (Å²) in [4.78, 5) is 19.3. The molecule has 0 saturated carbocycles. The Morgan fingerprint density at radius 1 is 1.30 bits per heavy atom. The van der Waals surface area contributed by atoms with Crippen molar-refractivity contribution in [2.24, 2.45) is 4.99 Å². The number of halogens is 1. The summed E-state index contributed by atoms with van der Waals surface area (Å²) in [5.74, 6) is 0.883. The van der Waals surface area contributed by atoms with Gasteiger partial charge in [-0.1, -0.05) is 27.7 Å². The van der Waals surface area contributed by atoms with E-state index < -0.39 is 0 Å². The van der Waals surface area contributed by atoms with Crippen molar-refractivity contribution in [2.45, 2.75) is 26.8 Å². The average Bonchev–Trinajstić information content (AvgIpc) is 3.09. The molecule has 0 aromatic heterocycles. The number of nitrogens with zero attached hydrogens (tertiary/aromatic N) is 2. The number of hydrogen-bond donors (Lipinski definition) is 0. The summed E-state index contributed by atoms with van der Waals surface area (Å²) in [5.41, 5.74) is 2.04. The maximum absolute atomic E-state index is 12.7. The number of aliphatic imine (C=N–C) groups is 1. The number of thioether (sulfide) groups is 1. The minimum absolute atomic E-state index is 0.303. The Morgan fingerprint density at radius 2 is 2.07 bits per heavy atom. The van der Waals surface area contributed by atoms with E-state index in [1.54, 1.807) is 14.0 Å². The van der Waals surface area contributed by atoms with Crippen molar-refractivity contribution in [2.75, 3.05) is 20.3 Å². The maximum atomic E-state index is 12.7. The van der Waals surface area contributed by atoms with Crippen molar-refractivity contribution < 1.29 is 19.0 Å². The van der Waals surface area contributed by atoms with Crippen molar-refractivity contribution in [3.8, 4) is 11.5 Å². The van der Waals surface area contributed by atoms with Crippen LogP contribution in [0, 0.1) is 0 Å². The van der Waals surface area contributed by atoms with Crippen molar-refractivity contribution >= 4 is 38.8 Å². The average molecular weight is 453 g/mol. The zero-order valence-corrected chi connectivity index (χ0v) is 18.0. The third-order valence-corrected chi connectivity index (χ3v) is 5.65. The molecule has 1 atom stereocenters. The molecule has 3 rings (SSSR count). The van der Waals surface area contributed by atoms with Gasteiger partial charge in [-0.25, -0.2) is 9.79 Å². The molecule has 2 heterocycles. The van der Waals surface area contributed by atoms with Gasteiger partial charge in [-0.15, -0.1) is 0 Å². The van der Waals surface area contributed by atoms with Gasteiger partial charge in [0.2, 0.25) is 0 Å². The van der Waals surface area contributed by atoms with Crippen molar-refractivity contribution in [3.05, 3.63) is 45.0 Å². The van der Waals surface area contributed by atoms with Crippen LogP contribution in [0.5, 0.6) is 11.5 Å². The molecular weight excluding hydrogens is 432 g/mol. The number of allylic oxidation sites excluding steroid dienone is 1. The first-order chi connectivity index (χ1) is 13.0. The summed E-state index contributed by atoms with van der Waals surface area (Å²) >= 11 is 5.16. The van der Waals surface area contributed by atoms with Gasteiger partial charge in [-0.05, 0) is 43.9 Å². The summed E-state index contributed by atoms with van der Waals surface area (Å²) in [6.45, 7) is 6.38. The molecule has 2 aliphatic rings. The normalized spacial score (nSPS) is 18.3. The Labute approximate surface area is 171 Å². The Hall–Kier alpha value is -1.93.